The van der Waals surface area contributed by atoms with Gasteiger partial charge in [-0.15, -0.1) is 0 Å². The van der Waals surface area contributed by atoms with Crippen molar-refractivity contribution in [3.8, 4) is 0 Å². The summed E-state index contributed by atoms with van der Waals surface area (Å²) in [6, 6.07) is 0. The highest BCUT2D eigenvalue weighted by Gasteiger charge is 2.23. The van der Waals surface area contributed by atoms with Gasteiger partial charge >= 0.3 is 6.09 Å². The van der Waals surface area contributed by atoms with E-state index in [1.54, 1.807) is 12.4 Å². The third-order valence-electron chi connectivity index (χ3n) is 3.10. The molecule has 1 aromatic rings. The van der Waals surface area contributed by atoms with Crippen molar-refractivity contribution in [1.29, 1.82) is 0 Å². The van der Waals surface area contributed by atoms with Gasteiger partial charge in [0.05, 0.1) is 0 Å². The van der Waals surface area contributed by atoms with Crippen molar-refractivity contribution in [3.05, 3.63) is 23.8 Å². The lowest BCUT2D eigenvalue weighted by Gasteiger charge is -2.29. The molecular formula is C11H15N3O3. The zero-order valence-electron chi connectivity index (χ0n) is 9.41. The van der Waals surface area contributed by atoms with Crippen molar-refractivity contribution in [2.24, 2.45) is 0 Å². The summed E-state index contributed by atoms with van der Waals surface area (Å²) in [6.45, 7) is 0.960. The van der Waals surface area contributed by atoms with Crippen LogP contribution in [0.15, 0.2) is 12.4 Å². The van der Waals surface area contributed by atoms with E-state index in [0.717, 1.165) is 18.4 Å². The van der Waals surface area contributed by atoms with Crippen LogP contribution in [0.1, 0.15) is 30.1 Å². The Morgan fingerprint density at radius 3 is 2.41 bits per heavy atom. The molecule has 1 aliphatic rings. The van der Waals surface area contributed by atoms with Gasteiger partial charge in [-0.25, -0.2) is 14.8 Å². The molecule has 6 nitrogen and oxygen atoms in total. The number of hydrogen-bond acceptors (Lipinski definition) is 4. The van der Waals surface area contributed by atoms with Crippen LogP contribution in [0.25, 0.3) is 0 Å². The number of hydrogen-bond donors (Lipinski definition) is 2. The summed E-state index contributed by atoms with van der Waals surface area (Å²) in [7, 11) is 0. The van der Waals surface area contributed by atoms with Gasteiger partial charge in [0.15, 0.2) is 5.82 Å². The first-order chi connectivity index (χ1) is 8.20. The molecule has 0 saturated carbocycles. The van der Waals surface area contributed by atoms with Crippen molar-refractivity contribution in [2.45, 2.75) is 25.4 Å². The van der Waals surface area contributed by atoms with E-state index in [2.05, 4.69) is 9.97 Å². The van der Waals surface area contributed by atoms with Crippen molar-refractivity contribution in [2.75, 3.05) is 13.1 Å². The van der Waals surface area contributed by atoms with Gasteiger partial charge in [0.25, 0.3) is 0 Å². The second kappa shape index (κ2) is 5.09. The Kier molecular flexibility index (Phi) is 3.53. The van der Waals surface area contributed by atoms with E-state index in [0.29, 0.717) is 24.8 Å². The number of amides is 1. The molecule has 0 atom stereocenters. The van der Waals surface area contributed by atoms with Crippen LogP contribution in [0.3, 0.4) is 0 Å². The van der Waals surface area contributed by atoms with Crippen molar-refractivity contribution >= 4 is 6.09 Å². The van der Waals surface area contributed by atoms with Gasteiger partial charge in [-0.2, -0.15) is 0 Å². The normalized spacial score (nSPS) is 17.1. The van der Waals surface area contributed by atoms with Crippen LogP contribution in [-0.2, 0) is 6.61 Å². The smallest absolute Gasteiger partial charge is 0.407 e. The summed E-state index contributed by atoms with van der Waals surface area (Å²) in [6.07, 6.45) is 4.19. The standard InChI is InChI=1S/C11H15N3O3/c15-7-10-12-5-9(6-13-10)8-1-3-14(4-2-8)11(16)17/h5-6,8,15H,1-4,7H2,(H,16,17). The number of nitrogens with zero attached hydrogens (tertiary/aromatic N) is 3. The molecule has 0 bridgehead atoms. The number of aromatic nitrogens is 2. The molecule has 2 rings (SSSR count). The van der Waals surface area contributed by atoms with Gasteiger partial charge in [-0.05, 0) is 24.3 Å². The Morgan fingerprint density at radius 1 is 1.35 bits per heavy atom. The molecule has 1 aromatic heterocycles. The lowest BCUT2D eigenvalue weighted by atomic mass is 9.91. The van der Waals surface area contributed by atoms with Crippen LogP contribution >= 0.6 is 0 Å². The predicted octanol–water partition coefficient (Wildman–Crippen LogP) is 0.826. The number of piperidine rings is 1. The maximum atomic E-state index is 10.8. The second-order valence-corrected chi connectivity index (χ2v) is 4.13. The summed E-state index contributed by atoms with van der Waals surface area (Å²) in [5.74, 6) is 0.732. The number of rotatable bonds is 2. The van der Waals surface area contributed by atoms with Crippen molar-refractivity contribution < 1.29 is 15.0 Å². The van der Waals surface area contributed by atoms with Crippen LogP contribution < -0.4 is 0 Å². The quantitative estimate of drug-likeness (QED) is 0.795. The highest BCUT2D eigenvalue weighted by atomic mass is 16.4. The zero-order chi connectivity index (χ0) is 12.3. The summed E-state index contributed by atoms with van der Waals surface area (Å²) in [4.78, 5) is 20.3. The first-order valence-corrected chi connectivity index (χ1v) is 5.60. The largest absolute Gasteiger partial charge is 0.465 e. The van der Waals surface area contributed by atoms with E-state index in [1.165, 1.54) is 4.90 Å². The molecule has 0 aliphatic carbocycles. The number of aliphatic hydroxyl groups is 1. The average molecular weight is 237 g/mol. The van der Waals surface area contributed by atoms with Gasteiger partial charge in [0, 0.05) is 25.5 Å². The van der Waals surface area contributed by atoms with Gasteiger partial charge in [-0.1, -0.05) is 0 Å². The van der Waals surface area contributed by atoms with Gasteiger partial charge in [-0.3, -0.25) is 0 Å². The highest BCUT2D eigenvalue weighted by molar-refractivity contribution is 5.65. The fourth-order valence-electron chi connectivity index (χ4n) is 2.06. The minimum Gasteiger partial charge on any atom is -0.465 e. The Labute approximate surface area is 98.9 Å². The summed E-state index contributed by atoms with van der Waals surface area (Å²) < 4.78 is 0. The maximum absolute atomic E-state index is 10.8. The third-order valence-corrected chi connectivity index (χ3v) is 3.10. The van der Waals surface area contributed by atoms with E-state index in [1.807, 2.05) is 0 Å². The van der Waals surface area contributed by atoms with E-state index in [4.69, 9.17) is 10.2 Å². The Hall–Kier alpha value is -1.69. The minimum absolute atomic E-state index is 0.155. The lowest BCUT2D eigenvalue weighted by Crippen LogP contribution is -2.36. The molecule has 2 N–H and O–H groups in total. The lowest BCUT2D eigenvalue weighted by molar-refractivity contribution is 0.132. The molecule has 1 saturated heterocycles. The van der Waals surface area contributed by atoms with Crippen molar-refractivity contribution in [1.82, 2.24) is 14.9 Å². The molecule has 1 fully saturated rings. The molecule has 1 aliphatic heterocycles. The third kappa shape index (κ3) is 2.71. The van der Waals surface area contributed by atoms with Crippen molar-refractivity contribution in [3.63, 3.8) is 0 Å². The minimum atomic E-state index is -0.852. The second-order valence-electron chi connectivity index (χ2n) is 4.13. The van der Waals surface area contributed by atoms with E-state index in [9.17, 15) is 4.79 Å². The summed E-state index contributed by atoms with van der Waals surface area (Å²) in [5.41, 5.74) is 1.02. The molecule has 6 heteroatoms. The van der Waals surface area contributed by atoms with Gasteiger partial charge in [0.2, 0.25) is 0 Å². The highest BCUT2D eigenvalue weighted by Crippen LogP contribution is 2.26. The number of likely N-dealkylation sites (tertiary alicyclic amines) is 1. The fraction of sp³-hybridized carbons (Fsp3) is 0.545. The van der Waals surface area contributed by atoms with Crippen LogP contribution in [0.2, 0.25) is 0 Å². The monoisotopic (exact) mass is 237 g/mol. The maximum Gasteiger partial charge on any atom is 0.407 e. The molecule has 17 heavy (non-hydrogen) atoms. The Morgan fingerprint density at radius 2 is 1.94 bits per heavy atom. The van der Waals surface area contributed by atoms with Crippen LogP contribution in [0, 0.1) is 0 Å². The van der Waals surface area contributed by atoms with Gasteiger partial charge < -0.3 is 15.1 Å². The van der Waals surface area contributed by atoms with Crippen LogP contribution in [0.5, 0.6) is 0 Å². The molecule has 0 unspecified atom stereocenters. The molecule has 0 spiro atoms. The topological polar surface area (TPSA) is 86.5 Å². The SMILES string of the molecule is O=C(O)N1CCC(c2cnc(CO)nc2)CC1. The Bertz CT molecular complexity index is 385. The zero-order valence-corrected chi connectivity index (χ0v) is 9.41. The molecule has 1 amide bonds. The molecule has 2 heterocycles. The number of aliphatic hydroxyl groups excluding tert-OH is 1. The number of carboxylic acid groups (broad SMARTS) is 1. The number of carbonyl (C=O) groups is 1. The summed E-state index contributed by atoms with van der Waals surface area (Å²) >= 11 is 0. The summed E-state index contributed by atoms with van der Waals surface area (Å²) in [5, 5.41) is 17.7. The fourth-order valence-corrected chi connectivity index (χ4v) is 2.06. The molecular weight excluding hydrogens is 222 g/mol. The van der Waals surface area contributed by atoms with E-state index >= 15 is 0 Å². The van der Waals surface area contributed by atoms with Crippen LogP contribution in [0.4, 0.5) is 4.79 Å². The molecule has 0 radical (unpaired) electrons. The van der Waals surface area contributed by atoms with Gasteiger partial charge in [0.1, 0.15) is 6.61 Å². The molecule has 92 valence electrons. The first-order valence-electron chi connectivity index (χ1n) is 5.60. The van der Waals surface area contributed by atoms with Crippen LogP contribution in [-0.4, -0.2) is 44.3 Å². The van der Waals surface area contributed by atoms with E-state index in [-0.39, 0.29) is 6.61 Å². The van der Waals surface area contributed by atoms with E-state index < -0.39 is 6.09 Å². The first kappa shape index (κ1) is 11.8. The molecule has 0 aromatic carbocycles. The average Bonchev–Trinajstić information content (AvgIpc) is 2.39. The Balaban J connectivity index is 1.97. The predicted molar refractivity (Wildman–Crippen MR) is 59.5 cm³/mol.